The molecular weight excluding hydrogens is 400 g/mol. The molecule has 2 amide bonds. The van der Waals surface area contributed by atoms with E-state index < -0.39 is 0 Å². The molecule has 0 saturated heterocycles. The average molecular weight is 433 g/mol. The number of aliphatic imine (C=N–C) groups is 1. The van der Waals surface area contributed by atoms with Gasteiger partial charge in [-0.3, -0.25) is 14.6 Å². The molecule has 0 unspecified atom stereocenters. The van der Waals surface area contributed by atoms with Crippen LogP contribution >= 0.6 is 0 Å². The summed E-state index contributed by atoms with van der Waals surface area (Å²) in [5.41, 5.74) is 9.66. The van der Waals surface area contributed by atoms with Crippen molar-refractivity contribution >= 4 is 40.8 Å². The fourth-order valence-electron chi connectivity index (χ4n) is 4.57. The number of nitrogens with two attached hydrogens (primary N) is 1. The van der Waals surface area contributed by atoms with Gasteiger partial charge in [-0.15, -0.1) is 0 Å². The van der Waals surface area contributed by atoms with Gasteiger partial charge in [-0.2, -0.15) is 0 Å². The largest absolute Gasteiger partial charge is 0.397 e. The number of nitrogen functional groups attached to an aromatic ring is 1. The van der Waals surface area contributed by atoms with Crippen molar-refractivity contribution in [2.24, 2.45) is 16.8 Å². The summed E-state index contributed by atoms with van der Waals surface area (Å²) in [5.74, 6) is 0.439. The number of amides is 2. The first kappa shape index (κ1) is 22.1. The van der Waals surface area contributed by atoms with Gasteiger partial charge in [0.05, 0.1) is 11.4 Å². The molecule has 6 nitrogen and oxygen atoms in total. The minimum atomic E-state index is 0.0769. The van der Waals surface area contributed by atoms with Crippen molar-refractivity contribution in [3.05, 3.63) is 48.0 Å². The van der Waals surface area contributed by atoms with Crippen LogP contribution in [0.15, 0.2) is 47.5 Å². The van der Waals surface area contributed by atoms with E-state index in [1.807, 2.05) is 30.3 Å². The second-order valence-corrected chi connectivity index (χ2v) is 8.95. The van der Waals surface area contributed by atoms with Gasteiger partial charge in [-0.05, 0) is 61.6 Å². The molecule has 32 heavy (non-hydrogen) atoms. The Morgan fingerprint density at radius 3 is 1.94 bits per heavy atom. The van der Waals surface area contributed by atoms with E-state index in [0.29, 0.717) is 17.1 Å². The minimum absolute atomic E-state index is 0.0769. The summed E-state index contributed by atoms with van der Waals surface area (Å²) in [4.78, 5) is 29.3. The van der Waals surface area contributed by atoms with Crippen molar-refractivity contribution in [1.82, 2.24) is 0 Å². The predicted molar refractivity (Wildman–Crippen MR) is 130 cm³/mol. The van der Waals surface area contributed by atoms with Crippen LogP contribution in [0.1, 0.15) is 63.4 Å². The van der Waals surface area contributed by atoms with Gasteiger partial charge in [0, 0.05) is 29.4 Å². The Hall–Kier alpha value is -3.15. The summed E-state index contributed by atoms with van der Waals surface area (Å²) in [5, 5.41) is 6.02. The van der Waals surface area contributed by atoms with Gasteiger partial charge in [0.1, 0.15) is 0 Å². The van der Waals surface area contributed by atoms with E-state index in [1.165, 1.54) is 6.42 Å². The Balaban J connectivity index is 1.37. The minimum Gasteiger partial charge on any atom is -0.397 e. The lowest BCUT2D eigenvalue weighted by Gasteiger charge is -2.20. The molecule has 0 heterocycles. The van der Waals surface area contributed by atoms with Crippen LogP contribution in [0.25, 0.3) is 0 Å². The van der Waals surface area contributed by atoms with Crippen LogP contribution < -0.4 is 16.4 Å². The van der Waals surface area contributed by atoms with E-state index in [-0.39, 0.29) is 23.7 Å². The number of nitrogens with one attached hydrogen (secondary N) is 2. The molecule has 2 saturated carbocycles. The quantitative estimate of drug-likeness (QED) is 0.405. The number of nitrogens with zero attached hydrogens (tertiary/aromatic N) is 1. The molecule has 4 rings (SSSR count). The van der Waals surface area contributed by atoms with E-state index >= 15 is 0 Å². The number of carbonyl (C=O) groups excluding carboxylic acids is 2. The van der Waals surface area contributed by atoms with Crippen LogP contribution in [0.4, 0.5) is 22.7 Å². The molecule has 2 aliphatic carbocycles. The third-order valence-electron chi connectivity index (χ3n) is 6.53. The van der Waals surface area contributed by atoms with E-state index in [0.717, 1.165) is 62.6 Å². The average Bonchev–Trinajstić information content (AvgIpc) is 3.36. The van der Waals surface area contributed by atoms with Gasteiger partial charge in [-0.1, -0.05) is 44.2 Å². The smallest absolute Gasteiger partial charge is 0.227 e. The van der Waals surface area contributed by atoms with Crippen molar-refractivity contribution in [3.63, 3.8) is 0 Å². The predicted octanol–water partition coefficient (Wildman–Crippen LogP) is 5.67. The highest BCUT2D eigenvalue weighted by atomic mass is 16.2. The van der Waals surface area contributed by atoms with Gasteiger partial charge in [-0.25, -0.2) is 0 Å². The SMILES string of the molecule is Nc1ccc(NC(=O)C2CCCC2)cc1N=Cc1ccc(NC(=O)C2CCCCC2)cc1. The zero-order chi connectivity index (χ0) is 22.3. The van der Waals surface area contributed by atoms with Crippen molar-refractivity contribution in [2.45, 2.75) is 57.8 Å². The maximum Gasteiger partial charge on any atom is 0.227 e. The van der Waals surface area contributed by atoms with Gasteiger partial charge < -0.3 is 16.4 Å². The van der Waals surface area contributed by atoms with E-state index in [9.17, 15) is 9.59 Å². The lowest BCUT2D eigenvalue weighted by Crippen LogP contribution is -2.24. The highest BCUT2D eigenvalue weighted by Gasteiger charge is 2.23. The Kier molecular flexibility index (Phi) is 7.20. The second-order valence-electron chi connectivity index (χ2n) is 8.95. The molecule has 0 spiro atoms. The second kappa shape index (κ2) is 10.4. The summed E-state index contributed by atoms with van der Waals surface area (Å²) < 4.78 is 0. The lowest BCUT2D eigenvalue weighted by atomic mass is 9.88. The molecule has 0 aromatic heterocycles. The van der Waals surface area contributed by atoms with Crippen LogP contribution in [0.3, 0.4) is 0 Å². The summed E-state index contributed by atoms with van der Waals surface area (Å²) in [6, 6.07) is 13.0. The molecule has 2 fully saturated rings. The number of carbonyl (C=O) groups is 2. The van der Waals surface area contributed by atoms with Crippen LogP contribution in [-0.4, -0.2) is 18.0 Å². The van der Waals surface area contributed by atoms with Crippen molar-refractivity contribution in [1.29, 1.82) is 0 Å². The molecule has 0 bridgehead atoms. The number of rotatable bonds is 6. The lowest BCUT2D eigenvalue weighted by molar-refractivity contribution is -0.121. The van der Waals surface area contributed by atoms with Crippen LogP contribution in [0.5, 0.6) is 0 Å². The molecule has 168 valence electrons. The zero-order valence-electron chi connectivity index (χ0n) is 18.5. The van der Waals surface area contributed by atoms with Crippen molar-refractivity contribution < 1.29 is 9.59 Å². The zero-order valence-corrected chi connectivity index (χ0v) is 18.5. The Bertz CT molecular complexity index is 972. The highest BCUT2D eigenvalue weighted by Crippen LogP contribution is 2.29. The molecule has 2 aliphatic rings. The molecular formula is C26H32N4O2. The van der Waals surface area contributed by atoms with Crippen LogP contribution in [0, 0.1) is 11.8 Å². The third-order valence-corrected chi connectivity index (χ3v) is 6.53. The van der Waals surface area contributed by atoms with E-state index in [1.54, 1.807) is 18.3 Å². The molecule has 2 aromatic carbocycles. The molecule has 4 N–H and O–H groups in total. The number of anilines is 3. The highest BCUT2D eigenvalue weighted by molar-refractivity contribution is 5.95. The molecule has 0 radical (unpaired) electrons. The summed E-state index contributed by atoms with van der Waals surface area (Å²) in [7, 11) is 0. The number of hydrogen-bond donors (Lipinski definition) is 3. The van der Waals surface area contributed by atoms with Crippen molar-refractivity contribution in [2.75, 3.05) is 16.4 Å². The third kappa shape index (κ3) is 5.75. The fraction of sp³-hybridized carbons (Fsp3) is 0.423. The number of hydrogen-bond acceptors (Lipinski definition) is 4. The van der Waals surface area contributed by atoms with E-state index in [2.05, 4.69) is 15.6 Å². The first-order chi connectivity index (χ1) is 15.6. The van der Waals surface area contributed by atoms with E-state index in [4.69, 9.17) is 5.73 Å². The number of benzene rings is 2. The van der Waals surface area contributed by atoms with Crippen LogP contribution in [-0.2, 0) is 9.59 Å². The first-order valence-corrected chi connectivity index (χ1v) is 11.7. The molecule has 6 heteroatoms. The maximum absolute atomic E-state index is 12.4. The molecule has 2 aromatic rings. The molecule has 0 aliphatic heterocycles. The summed E-state index contributed by atoms with van der Waals surface area (Å²) >= 11 is 0. The standard InChI is InChI=1S/C26H32N4O2/c27-23-15-14-22(30-26(32)20-8-4-5-9-20)16-24(23)28-17-18-10-12-21(13-11-18)29-25(31)19-6-2-1-3-7-19/h10-17,19-20H,1-9,27H2,(H,29,31)(H,30,32). The van der Waals surface area contributed by atoms with Gasteiger partial charge in [0.15, 0.2) is 0 Å². The maximum atomic E-state index is 12.4. The normalized spacial score (nSPS) is 17.5. The fourth-order valence-corrected chi connectivity index (χ4v) is 4.57. The summed E-state index contributed by atoms with van der Waals surface area (Å²) in [6.45, 7) is 0. The Labute approximate surface area is 189 Å². The first-order valence-electron chi connectivity index (χ1n) is 11.7. The van der Waals surface area contributed by atoms with Crippen molar-refractivity contribution in [3.8, 4) is 0 Å². The monoisotopic (exact) mass is 432 g/mol. The summed E-state index contributed by atoms with van der Waals surface area (Å²) in [6.07, 6.45) is 11.4. The topological polar surface area (TPSA) is 96.6 Å². The van der Waals surface area contributed by atoms with Gasteiger partial charge in [0.25, 0.3) is 0 Å². The van der Waals surface area contributed by atoms with Gasteiger partial charge >= 0.3 is 0 Å². The Morgan fingerprint density at radius 1 is 0.781 bits per heavy atom. The van der Waals surface area contributed by atoms with Crippen LogP contribution in [0.2, 0.25) is 0 Å². The molecule has 0 atom stereocenters. The Morgan fingerprint density at radius 2 is 1.31 bits per heavy atom. The van der Waals surface area contributed by atoms with Gasteiger partial charge in [0.2, 0.25) is 11.8 Å².